The van der Waals surface area contributed by atoms with Crippen molar-refractivity contribution in [2.75, 3.05) is 26.2 Å². The maximum absolute atomic E-state index is 13.5. The van der Waals surface area contributed by atoms with Crippen LogP contribution in [0.4, 0.5) is 8.78 Å². The number of guanidine groups is 1. The Morgan fingerprint density at radius 3 is 2.41 bits per heavy atom. The molecule has 0 radical (unpaired) electrons. The molecule has 11 heteroatoms. The predicted octanol–water partition coefficient (Wildman–Crippen LogP) is 4.08. The number of rotatable bonds is 5. The molecule has 1 unspecified atom stereocenters. The minimum atomic E-state index is -4.17. The van der Waals surface area contributed by atoms with E-state index in [0.29, 0.717) is 18.1 Å². The molecule has 1 atom stereocenters. The van der Waals surface area contributed by atoms with Crippen LogP contribution in [-0.4, -0.2) is 61.5 Å². The third kappa shape index (κ3) is 5.56. The quantitative estimate of drug-likeness (QED) is 0.486. The first-order valence-electron chi connectivity index (χ1n) is 11.1. The van der Waals surface area contributed by atoms with E-state index in [9.17, 15) is 17.2 Å². The highest BCUT2D eigenvalue weighted by Crippen LogP contribution is 2.31. The second-order valence-corrected chi connectivity index (χ2v) is 10.2. The lowest BCUT2D eigenvalue weighted by atomic mass is 9.91. The summed E-state index contributed by atoms with van der Waals surface area (Å²) in [5.74, 6) is -2.93. The lowest BCUT2D eigenvalue weighted by molar-refractivity contribution is -0.0411. The molecule has 0 spiro atoms. The van der Waals surface area contributed by atoms with Crippen molar-refractivity contribution in [2.45, 2.75) is 31.6 Å². The fraction of sp³-hybridized carbons (Fsp3) is 0.391. The van der Waals surface area contributed by atoms with Gasteiger partial charge in [0.1, 0.15) is 0 Å². The Kier molecular flexibility index (Phi) is 7.20. The number of hydrogen-bond donors (Lipinski definition) is 1. The summed E-state index contributed by atoms with van der Waals surface area (Å²) < 4.78 is 57.9. The van der Waals surface area contributed by atoms with Crippen molar-refractivity contribution >= 4 is 33.5 Å². The highest BCUT2D eigenvalue weighted by atomic mass is 35.5. The highest BCUT2D eigenvalue weighted by Gasteiger charge is 2.39. The number of nitrogens with zero attached hydrogens (tertiary/aromatic N) is 4. The zero-order valence-electron chi connectivity index (χ0n) is 18.7. The van der Waals surface area contributed by atoms with E-state index in [4.69, 9.17) is 16.7 Å². The van der Waals surface area contributed by atoms with Crippen molar-refractivity contribution in [2.24, 2.45) is 9.50 Å². The number of nitrogens with one attached hydrogen (secondary N) is 1. The molecule has 2 aromatic carbocycles. The van der Waals surface area contributed by atoms with Crippen LogP contribution in [0.5, 0.6) is 0 Å². The minimum absolute atomic E-state index is 0.0599. The Hall–Kier alpha value is -2.56. The molecule has 2 aliphatic heterocycles. The van der Waals surface area contributed by atoms with Gasteiger partial charge in [-0.2, -0.15) is 17.8 Å². The van der Waals surface area contributed by atoms with Gasteiger partial charge in [-0.3, -0.25) is 0 Å². The topological polar surface area (TPSA) is 77.4 Å². The van der Waals surface area contributed by atoms with Crippen molar-refractivity contribution in [3.63, 3.8) is 0 Å². The molecule has 182 valence electrons. The van der Waals surface area contributed by atoms with E-state index in [1.807, 2.05) is 49.4 Å². The second-order valence-electron chi connectivity index (χ2n) is 8.22. The number of benzene rings is 2. The second kappa shape index (κ2) is 9.97. The van der Waals surface area contributed by atoms with Crippen LogP contribution in [-0.2, 0) is 10.2 Å². The Morgan fingerprint density at radius 2 is 1.79 bits per heavy atom. The van der Waals surface area contributed by atoms with Crippen molar-refractivity contribution in [1.82, 2.24) is 14.6 Å². The van der Waals surface area contributed by atoms with Crippen molar-refractivity contribution < 1.29 is 17.2 Å². The summed E-state index contributed by atoms with van der Waals surface area (Å²) in [4.78, 5) is 0. The summed E-state index contributed by atoms with van der Waals surface area (Å²) in [6.45, 7) is 2.04. The molecule has 2 heterocycles. The van der Waals surface area contributed by atoms with Crippen molar-refractivity contribution in [3.05, 3.63) is 70.7 Å². The van der Waals surface area contributed by atoms with E-state index in [-0.39, 0.29) is 25.0 Å². The monoisotopic (exact) mass is 509 g/mol. The van der Waals surface area contributed by atoms with Crippen LogP contribution >= 0.6 is 11.6 Å². The van der Waals surface area contributed by atoms with Gasteiger partial charge in [-0.05, 0) is 30.2 Å². The first-order chi connectivity index (χ1) is 16.2. The Bertz CT molecular complexity index is 1160. The highest BCUT2D eigenvalue weighted by molar-refractivity contribution is 7.87. The third-order valence-electron chi connectivity index (χ3n) is 5.82. The summed E-state index contributed by atoms with van der Waals surface area (Å²) >= 11 is 6.06. The van der Waals surface area contributed by atoms with Crippen LogP contribution in [0.3, 0.4) is 0 Å². The molecule has 1 N–H and O–H groups in total. The van der Waals surface area contributed by atoms with Gasteiger partial charge in [0, 0.05) is 43.4 Å². The molecule has 2 aliphatic rings. The molecule has 7 nitrogen and oxygen atoms in total. The van der Waals surface area contributed by atoms with Gasteiger partial charge in [-0.25, -0.2) is 13.8 Å². The standard InChI is InChI=1S/C23H26ClF2N5O2S/c1-2-27-22(29-34(32,33)30-14-12-23(25,26)13-15-30)31-16-20(17-6-4-3-5-7-17)21(28-31)18-8-10-19(24)11-9-18/h3-11,20H,2,12-16H2,1H3,(H,27,29). The zero-order valence-corrected chi connectivity index (χ0v) is 20.2. The Morgan fingerprint density at radius 1 is 1.15 bits per heavy atom. The average Bonchev–Trinajstić information content (AvgIpc) is 3.25. The molecule has 0 bridgehead atoms. The van der Waals surface area contributed by atoms with E-state index in [1.54, 1.807) is 12.1 Å². The van der Waals surface area contributed by atoms with E-state index in [1.165, 1.54) is 5.01 Å². The Labute approximate surface area is 203 Å². The van der Waals surface area contributed by atoms with E-state index >= 15 is 0 Å². The zero-order chi connectivity index (χ0) is 24.3. The number of alkyl halides is 2. The normalized spacial score (nSPS) is 21.4. The number of piperidine rings is 1. The summed E-state index contributed by atoms with van der Waals surface area (Å²) in [5, 5.41) is 9.84. The van der Waals surface area contributed by atoms with Gasteiger partial charge in [-0.1, -0.05) is 54.1 Å². The maximum Gasteiger partial charge on any atom is 0.325 e. The van der Waals surface area contributed by atoms with Gasteiger partial charge in [0.15, 0.2) is 0 Å². The molecule has 1 saturated heterocycles. The molecule has 34 heavy (non-hydrogen) atoms. The van der Waals surface area contributed by atoms with Crippen LogP contribution in [0.25, 0.3) is 0 Å². The molecular formula is C23H26ClF2N5O2S. The lowest BCUT2D eigenvalue weighted by Gasteiger charge is -2.29. The molecule has 0 amide bonds. The minimum Gasteiger partial charge on any atom is -0.354 e. The van der Waals surface area contributed by atoms with Gasteiger partial charge in [0.25, 0.3) is 5.92 Å². The maximum atomic E-state index is 13.5. The van der Waals surface area contributed by atoms with E-state index in [0.717, 1.165) is 21.1 Å². The average molecular weight is 510 g/mol. The van der Waals surface area contributed by atoms with Crippen LogP contribution < -0.4 is 5.32 Å². The van der Waals surface area contributed by atoms with Crippen LogP contribution in [0, 0.1) is 0 Å². The van der Waals surface area contributed by atoms with Gasteiger partial charge < -0.3 is 5.32 Å². The smallest absolute Gasteiger partial charge is 0.325 e. The van der Waals surface area contributed by atoms with Gasteiger partial charge in [0.2, 0.25) is 5.96 Å². The first kappa shape index (κ1) is 24.6. The molecule has 0 aliphatic carbocycles. The largest absolute Gasteiger partial charge is 0.354 e. The molecule has 2 aromatic rings. The molecule has 4 rings (SSSR count). The van der Waals surface area contributed by atoms with Crippen LogP contribution in [0.1, 0.15) is 36.8 Å². The number of hydrogen-bond acceptors (Lipinski definition) is 3. The summed E-state index contributed by atoms with van der Waals surface area (Å²) in [6.07, 6.45) is -1.03. The van der Waals surface area contributed by atoms with E-state index < -0.39 is 29.0 Å². The SMILES string of the molecule is CCN/C(=N/S(=O)(=O)N1CCC(F)(F)CC1)N1CC(c2ccccc2)C(c2ccc(Cl)cc2)=N1. The van der Waals surface area contributed by atoms with Gasteiger partial charge in [-0.15, -0.1) is 4.40 Å². The molecule has 1 fully saturated rings. The van der Waals surface area contributed by atoms with Gasteiger partial charge in [0.05, 0.1) is 12.3 Å². The fourth-order valence-corrected chi connectivity index (χ4v) is 5.26. The summed E-state index contributed by atoms with van der Waals surface area (Å²) in [5.41, 5.74) is 2.64. The molecule has 0 aromatic heterocycles. The summed E-state index contributed by atoms with van der Waals surface area (Å²) in [7, 11) is -4.17. The third-order valence-corrected chi connectivity index (χ3v) is 7.49. The predicted molar refractivity (Wildman–Crippen MR) is 130 cm³/mol. The van der Waals surface area contributed by atoms with E-state index in [2.05, 4.69) is 9.71 Å². The van der Waals surface area contributed by atoms with Crippen molar-refractivity contribution in [1.29, 1.82) is 0 Å². The number of halogens is 3. The summed E-state index contributed by atoms with van der Waals surface area (Å²) in [6, 6.07) is 17.1. The van der Waals surface area contributed by atoms with Crippen LogP contribution in [0.15, 0.2) is 64.1 Å². The van der Waals surface area contributed by atoms with Crippen LogP contribution in [0.2, 0.25) is 5.02 Å². The first-order valence-corrected chi connectivity index (χ1v) is 12.8. The molecule has 0 saturated carbocycles. The van der Waals surface area contributed by atoms with Gasteiger partial charge >= 0.3 is 10.2 Å². The van der Waals surface area contributed by atoms with Crippen molar-refractivity contribution in [3.8, 4) is 0 Å². The fourth-order valence-electron chi connectivity index (χ4n) is 4.00. The number of hydrazone groups is 1. The lowest BCUT2D eigenvalue weighted by Crippen LogP contribution is -2.44. The Balaban J connectivity index is 1.67. The molecular weight excluding hydrogens is 484 g/mol.